The van der Waals surface area contributed by atoms with Gasteiger partial charge in [0.25, 0.3) is 0 Å². The lowest BCUT2D eigenvalue weighted by atomic mass is 9.98. The van der Waals surface area contributed by atoms with Crippen LogP contribution in [0.15, 0.2) is 22.1 Å². The molecule has 9 heteroatoms. The molecule has 9 nitrogen and oxygen atoms in total. The van der Waals surface area contributed by atoms with Gasteiger partial charge in [0.15, 0.2) is 12.0 Å². The van der Waals surface area contributed by atoms with E-state index in [-0.39, 0.29) is 5.82 Å². The van der Waals surface area contributed by atoms with E-state index in [1.165, 1.54) is 12.6 Å². The van der Waals surface area contributed by atoms with Gasteiger partial charge in [-0.3, -0.25) is 4.57 Å². The van der Waals surface area contributed by atoms with Gasteiger partial charge in [-0.15, -0.1) is 0 Å². The first-order valence-corrected chi connectivity index (χ1v) is 8.95. The van der Waals surface area contributed by atoms with Crippen LogP contribution in [-0.2, 0) is 4.74 Å². The highest BCUT2D eigenvalue weighted by Gasteiger charge is 2.43. The summed E-state index contributed by atoms with van der Waals surface area (Å²) in [5.41, 5.74) is -0.644. The van der Waals surface area contributed by atoms with Gasteiger partial charge in [0.1, 0.15) is 18.3 Å². The van der Waals surface area contributed by atoms with Crippen molar-refractivity contribution >= 4 is 12.2 Å². The molecule has 3 unspecified atom stereocenters. The molecule has 0 aromatic carbocycles. The molecule has 0 saturated carbocycles. The highest BCUT2D eigenvalue weighted by molar-refractivity contribution is 5.60. The number of aromatic nitrogens is 2. The van der Waals surface area contributed by atoms with Crippen molar-refractivity contribution in [3.63, 3.8) is 0 Å². The fourth-order valence-electron chi connectivity index (χ4n) is 3.57. The number of aliphatic imine (C=N–C) groups is 1. The monoisotopic (exact) mass is 366 g/mol. The second kappa shape index (κ2) is 7.83. The number of piperidine rings is 1. The number of ether oxygens (including phenoxy) is 1. The first-order chi connectivity index (χ1) is 12.4. The molecular formula is C17H26N4O5. The molecule has 2 aliphatic heterocycles. The van der Waals surface area contributed by atoms with Gasteiger partial charge in [0, 0.05) is 18.3 Å². The van der Waals surface area contributed by atoms with E-state index >= 15 is 0 Å². The third-order valence-corrected chi connectivity index (χ3v) is 5.19. The summed E-state index contributed by atoms with van der Waals surface area (Å²) in [5.74, 6) is 0.267. The van der Waals surface area contributed by atoms with Gasteiger partial charge in [-0.2, -0.15) is 4.98 Å². The largest absolute Gasteiger partial charge is 0.394 e. The highest BCUT2D eigenvalue weighted by Crippen LogP contribution is 2.28. The topological polar surface area (TPSA) is 120 Å². The average molecular weight is 366 g/mol. The Morgan fingerprint density at radius 3 is 2.58 bits per heavy atom. The third kappa shape index (κ3) is 3.66. The molecule has 0 radical (unpaired) electrons. The van der Waals surface area contributed by atoms with Gasteiger partial charge in [-0.05, 0) is 39.2 Å². The van der Waals surface area contributed by atoms with Gasteiger partial charge >= 0.3 is 5.69 Å². The fourth-order valence-corrected chi connectivity index (χ4v) is 3.57. The molecule has 3 N–H and O–H groups in total. The Bertz CT molecular complexity index is 699. The van der Waals surface area contributed by atoms with Gasteiger partial charge in [-0.25, -0.2) is 9.79 Å². The van der Waals surface area contributed by atoms with Crippen LogP contribution in [0.3, 0.4) is 0 Å². The lowest BCUT2D eigenvalue weighted by Gasteiger charge is -2.37. The van der Waals surface area contributed by atoms with E-state index in [4.69, 9.17) is 9.84 Å². The second-order valence-corrected chi connectivity index (χ2v) is 7.03. The molecule has 1 aromatic heterocycles. The highest BCUT2D eigenvalue weighted by atomic mass is 16.6. The molecule has 2 aliphatic rings. The Hall–Kier alpha value is -1.81. The van der Waals surface area contributed by atoms with Crippen LogP contribution in [0.1, 0.15) is 39.3 Å². The van der Waals surface area contributed by atoms with Crippen molar-refractivity contribution in [3.8, 4) is 0 Å². The number of nitrogens with zero attached hydrogens (tertiary/aromatic N) is 4. The van der Waals surface area contributed by atoms with Crippen LogP contribution < -0.4 is 5.69 Å². The number of aliphatic hydroxyl groups excluding tert-OH is 3. The van der Waals surface area contributed by atoms with Crippen LogP contribution in [0.5, 0.6) is 0 Å². The maximum atomic E-state index is 12.3. The normalized spacial score (nSPS) is 35.3. The van der Waals surface area contributed by atoms with Crippen molar-refractivity contribution in [2.24, 2.45) is 4.99 Å². The van der Waals surface area contributed by atoms with Crippen molar-refractivity contribution in [1.82, 2.24) is 14.5 Å². The van der Waals surface area contributed by atoms with Gasteiger partial charge in [0.05, 0.1) is 12.9 Å². The van der Waals surface area contributed by atoms with E-state index in [0.717, 1.165) is 17.4 Å². The standard InChI is InChI=1S/C17H26N4O5/c1-10-4-3-5-11(2)21(10)9-18-13-6-7-20(17(25)19-13)16-15(24)14(23)12(8-22)26-16/h6-7,9-12,14-16,22-24H,3-5,8H2,1-2H3/b18-9+/t10?,11?,12-,14+,15?,16-/m1/s1. The number of aliphatic hydroxyl groups is 3. The van der Waals surface area contributed by atoms with Crippen LogP contribution in [-0.4, -0.2) is 73.1 Å². The Morgan fingerprint density at radius 1 is 1.31 bits per heavy atom. The summed E-state index contributed by atoms with van der Waals surface area (Å²) >= 11 is 0. The van der Waals surface area contributed by atoms with Crippen molar-refractivity contribution < 1.29 is 20.1 Å². The predicted octanol–water partition coefficient (Wildman–Crippen LogP) is -0.222. The average Bonchev–Trinajstić information content (AvgIpc) is 2.89. The van der Waals surface area contributed by atoms with E-state index in [2.05, 4.69) is 28.7 Å². The Balaban J connectivity index is 1.76. The van der Waals surface area contributed by atoms with Crippen molar-refractivity contribution in [2.75, 3.05) is 6.61 Å². The lowest BCUT2D eigenvalue weighted by Crippen LogP contribution is -2.42. The minimum atomic E-state index is -1.32. The van der Waals surface area contributed by atoms with Gasteiger partial charge in [0.2, 0.25) is 0 Å². The molecule has 2 saturated heterocycles. The minimum absolute atomic E-state index is 0.267. The number of likely N-dealkylation sites (tertiary alicyclic amines) is 1. The molecule has 3 rings (SSSR count). The SMILES string of the molecule is CC1CCCC(C)N1/C=N/c1ccn([C@@H]2O[C@H](CO)[C@H](O)C2O)c(=O)n1. The summed E-state index contributed by atoms with van der Waals surface area (Å²) in [5, 5.41) is 29.0. The summed E-state index contributed by atoms with van der Waals surface area (Å²) in [6, 6.07) is 2.33. The summed E-state index contributed by atoms with van der Waals surface area (Å²) in [4.78, 5) is 22.7. The number of hydrogen-bond donors (Lipinski definition) is 3. The molecule has 2 fully saturated rings. The first kappa shape index (κ1) is 19.0. The molecule has 3 heterocycles. The van der Waals surface area contributed by atoms with Gasteiger partial charge < -0.3 is 25.0 Å². The zero-order valence-corrected chi connectivity index (χ0v) is 15.0. The molecule has 0 aliphatic carbocycles. The maximum Gasteiger partial charge on any atom is 0.351 e. The molecule has 6 atom stereocenters. The van der Waals surface area contributed by atoms with Crippen LogP contribution in [0.2, 0.25) is 0 Å². The Kier molecular flexibility index (Phi) is 5.71. The van der Waals surface area contributed by atoms with E-state index < -0.39 is 36.8 Å². The van der Waals surface area contributed by atoms with Crippen LogP contribution in [0.25, 0.3) is 0 Å². The van der Waals surface area contributed by atoms with Crippen LogP contribution >= 0.6 is 0 Å². The summed E-state index contributed by atoms with van der Waals surface area (Å²) in [6.07, 6.45) is 1.94. The zero-order chi connectivity index (χ0) is 18.8. The van der Waals surface area contributed by atoms with E-state index in [1.807, 2.05) is 0 Å². The molecule has 0 amide bonds. The fraction of sp³-hybridized carbons (Fsp3) is 0.706. The zero-order valence-electron chi connectivity index (χ0n) is 15.0. The van der Waals surface area contributed by atoms with E-state index in [1.54, 1.807) is 12.4 Å². The second-order valence-electron chi connectivity index (χ2n) is 7.03. The molecular weight excluding hydrogens is 340 g/mol. The third-order valence-electron chi connectivity index (χ3n) is 5.19. The van der Waals surface area contributed by atoms with E-state index in [9.17, 15) is 15.0 Å². The van der Waals surface area contributed by atoms with Crippen molar-refractivity contribution in [1.29, 1.82) is 0 Å². The predicted molar refractivity (Wildman–Crippen MR) is 94.3 cm³/mol. The summed E-state index contributed by atoms with van der Waals surface area (Å²) in [7, 11) is 0. The Labute approximate surface area is 151 Å². The minimum Gasteiger partial charge on any atom is -0.394 e. The quantitative estimate of drug-likeness (QED) is 0.497. The van der Waals surface area contributed by atoms with Crippen LogP contribution in [0, 0.1) is 0 Å². The number of hydrogen-bond acceptors (Lipinski definition) is 7. The van der Waals surface area contributed by atoms with Crippen molar-refractivity contribution in [3.05, 3.63) is 22.7 Å². The molecule has 0 bridgehead atoms. The smallest absolute Gasteiger partial charge is 0.351 e. The lowest BCUT2D eigenvalue weighted by molar-refractivity contribution is -0.0549. The van der Waals surface area contributed by atoms with Crippen LogP contribution in [0.4, 0.5) is 5.82 Å². The summed E-state index contributed by atoms with van der Waals surface area (Å²) < 4.78 is 6.44. The molecule has 26 heavy (non-hydrogen) atoms. The first-order valence-electron chi connectivity index (χ1n) is 8.95. The van der Waals surface area contributed by atoms with Crippen molar-refractivity contribution in [2.45, 2.75) is 69.7 Å². The molecule has 0 spiro atoms. The maximum absolute atomic E-state index is 12.3. The summed E-state index contributed by atoms with van der Waals surface area (Å²) in [6.45, 7) is 3.84. The van der Waals surface area contributed by atoms with E-state index in [0.29, 0.717) is 12.1 Å². The molecule has 144 valence electrons. The Morgan fingerprint density at radius 2 is 2.00 bits per heavy atom. The molecule has 1 aromatic rings. The number of rotatable bonds is 4. The van der Waals surface area contributed by atoms with Gasteiger partial charge in [-0.1, -0.05) is 0 Å².